The zero-order valence-electron chi connectivity index (χ0n) is 20.4. The van der Waals surface area contributed by atoms with Gasteiger partial charge in [0.15, 0.2) is 0 Å². The molecule has 0 radical (unpaired) electrons. The van der Waals surface area contributed by atoms with E-state index in [9.17, 15) is 9.59 Å². The molecular weight excluding hydrogens is 570 g/mol. The van der Waals surface area contributed by atoms with Crippen LogP contribution in [0.15, 0.2) is 66.7 Å². The monoisotopic (exact) mass is 596 g/mol. The smallest absolute Gasteiger partial charge is 0.243 e. The van der Waals surface area contributed by atoms with E-state index in [-0.39, 0.29) is 24.1 Å². The van der Waals surface area contributed by atoms with Crippen molar-refractivity contribution < 1.29 is 9.59 Å². The van der Waals surface area contributed by atoms with E-state index in [2.05, 4.69) is 5.32 Å². The van der Waals surface area contributed by atoms with Crippen molar-refractivity contribution in [2.75, 3.05) is 12.3 Å². The maximum absolute atomic E-state index is 13.7. The van der Waals surface area contributed by atoms with Crippen LogP contribution < -0.4 is 5.32 Å². The number of amides is 2. The van der Waals surface area contributed by atoms with E-state index in [4.69, 9.17) is 46.4 Å². The Morgan fingerprint density at radius 3 is 2.22 bits per heavy atom. The first-order chi connectivity index (χ1) is 17.8. The molecule has 0 heterocycles. The number of carbonyl (C=O) groups is 2. The fourth-order valence-electron chi connectivity index (χ4n) is 3.74. The highest BCUT2D eigenvalue weighted by atomic mass is 35.5. The van der Waals surface area contributed by atoms with Crippen molar-refractivity contribution in [2.24, 2.45) is 0 Å². The van der Waals surface area contributed by atoms with Gasteiger partial charge < -0.3 is 10.2 Å². The van der Waals surface area contributed by atoms with Crippen LogP contribution in [0.4, 0.5) is 0 Å². The van der Waals surface area contributed by atoms with E-state index >= 15 is 0 Å². The van der Waals surface area contributed by atoms with Gasteiger partial charge in [0.05, 0.1) is 15.8 Å². The number of thioether (sulfide) groups is 1. The fourth-order valence-corrected chi connectivity index (χ4v) is 5.44. The standard InChI is InChI=1S/C28H28Cl4N2O2S/c1-2-13-33-28(36)26(15-19-7-4-3-5-8-19)34(16-21-22(29)9-6-10-23(21)30)27(35)18-37-17-20-11-12-24(31)25(32)14-20/h3-12,14,26H,2,13,15-18H2,1H3,(H,33,36)/t26-/m0/s1. The van der Waals surface area contributed by atoms with Crippen molar-refractivity contribution in [3.05, 3.63) is 104 Å². The molecule has 9 heteroatoms. The fraction of sp³-hybridized carbons (Fsp3) is 0.286. The summed E-state index contributed by atoms with van der Waals surface area (Å²) in [5, 5.41) is 4.81. The molecule has 37 heavy (non-hydrogen) atoms. The molecule has 1 atom stereocenters. The predicted molar refractivity (Wildman–Crippen MR) is 157 cm³/mol. The Hall–Kier alpha value is -1.89. The lowest BCUT2D eigenvalue weighted by molar-refractivity contribution is -0.139. The summed E-state index contributed by atoms with van der Waals surface area (Å²) in [6.45, 7) is 2.62. The van der Waals surface area contributed by atoms with E-state index in [1.807, 2.05) is 43.3 Å². The number of halogens is 4. The zero-order chi connectivity index (χ0) is 26.8. The molecule has 0 aromatic heterocycles. The third-order valence-electron chi connectivity index (χ3n) is 5.69. The van der Waals surface area contributed by atoms with Gasteiger partial charge in [0.1, 0.15) is 6.04 Å². The van der Waals surface area contributed by atoms with Gasteiger partial charge in [-0.1, -0.05) is 95.8 Å². The van der Waals surface area contributed by atoms with Gasteiger partial charge in [0.25, 0.3) is 0 Å². The van der Waals surface area contributed by atoms with Gasteiger partial charge in [0, 0.05) is 40.9 Å². The summed E-state index contributed by atoms with van der Waals surface area (Å²) in [7, 11) is 0. The second-order valence-electron chi connectivity index (χ2n) is 8.46. The Kier molecular flexibility index (Phi) is 11.9. The SMILES string of the molecule is CCCNC(=O)[C@H](Cc1ccccc1)N(Cc1c(Cl)cccc1Cl)C(=O)CSCc1ccc(Cl)c(Cl)c1. The summed E-state index contributed by atoms with van der Waals surface area (Å²) in [5.74, 6) is 0.328. The summed E-state index contributed by atoms with van der Waals surface area (Å²) >= 11 is 26.5. The summed E-state index contributed by atoms with van der Waals surface area (Å²) in [5.41, 5.74) is 2.51. The van der Waals surface area contributed by atoms with Gasteiger partial charge >= 0.3 is 0 Å². The zero-order valence-corrected chi connectivity index (χ0v) is 24.2. The van der Waals surface area contributed by atoms with Crippen LogP contribution in [0.5, 0.6) is 0 Å². The third kappa shape index (κ3) is 8.83. The van der Waals surface area contributed by atoms with Crippen LogP contribution in [0.2, 0.25) is 20.1 Å². The van der Waals surface area contributed by atoms with E-state index in [1.54, 1.807) is 35.2 Å². The lowest BCUT2D eigenvalue weighted by atomic mass is 10.0. The number of benzene rings is 3. The molecule has 0 aliphatic heterocycles. The highest BCUT2D eigenvalue weighted by molar-refractivity contribution is 7.99. The average Bonchev–Trinajstić information content (AvgIpc) is 2.88. The van der Waals surface area contributed by atoms with Crippen molar-refractivity contribution in [3.63, 3.8) is 0 Å². The lowest BCUT2D eigenvalue weighted by Gasteiger charge is -2.32. The second kappa shape index (κ2) is 14.9. The van der Waals surface area contributed by atoms with Gasteiger partial charge in [-0.15, -0.1) is 11.8 Å². The molecule has 0 bridgehead atoms. The lowest BCUT2D eigenvalue weighted by Crippen LogP contribution is -2.51. The van der Waals surface area contributed by atoms with Crippen molar-refractivity contribution in [1.29, 1.82) is 0 Å². The molecular formula is C28H28Cl4N2O2S. The molecule has 3 aromatic rings. The second-order valence-corrected chi connectivity index (χ2v) is 11.1. The minimum Gasteiger partial charge on any atom is -0.354 e. The molecule has 3 rings (SSSR count). The number of nitrogens with zero attached hydrogens (tertiary/aromatic N) is 1. The molecule has 0 saturated heterocycles. The maximum atomic E-state index is 13.7. The minimum absolute atomic E-state index is 0.113. The summed E-state index contributed by atoms with van der Waals surface area (Å²) < 4.78 is 0. The van der Waals surface area contributed by atoms with Crippen LogP contribution in [-0.4, -0.2) is 35.1 Å². The quantitative estimate of drug-likeness (QED) is 0.233. The van der Waals surface area contributed by atoms with Gasteiger partial charge in [-0.2, -0.15) is 0 Å². The van der Waals surface area contributed by atoms with Crippen LogP contribution in [0.1, 0.15) is 30.0 Å². The number of hydrogen-bond acceptors (Lipinski definition) is 3. The van der Waals surface area contributed by atoms with Gasteiger partial charge in [-0.3, -0.25) is 9.59 Å². The van der Waals surface area contributed by atoms with Crippen molar-refractivity contribution in [1.82, 2.24) is 10.2 Å². The molecule has 0 unspecified atom stereocenters. The molecule has 0 spiro atoms. The topological polar surface area (TPSA) is 49.4 Å². The van der Waals surface area contributed by atoms with Crippen LogP contribution in [-0.2, 0) is 28.3 Å². The summed E-state index contributed by atoms with van der Waals surface area (Å²) in [6.07, 6.45) is 1.15. The Labute approximate surface area is 242 Å². The molecule has 0 aliphatic carbocycles. The molecule has 0 aliphatic rings. The third-order valence-corrected chi connectivity index (χ3v) is 8.12. The first kappa shape index (κ1) is 29.7. The normalized spacial score (nSPS) is 11.7. The minimum atomic E-state index is -0.737. The summed E-state index contributed by atoms with van der Waals surface area (Å²) in [4.78, 5) is 28.6. The molecule has 196 valence electrons. The predicted octanol–water partition coefficient (Wildman–Crippen LogP) is 7.70. The molecule has 0 saturated carbocycles. The average molecular weight is 598 g/mol. The van der Waals surface area contributed by atoms with Gasteiger partial charge in [-0.25, -0.2) is 0 Å². The summed E-state index contributed by atoms with van der Waals surface area (Å²) in [6, 6.07) is 19.5. The van der Waals surface area contributed by atoms with Crippen LogP contribution in [0, 0.1) is 0 Å². The molecule has 3 aromatic carbocycles. The van der Waals surface area contributed by atoms with Crippen molar-refractivity contribution >= 4 is 70.0 Å². The van der Waals surface area contributed by atoms with E-state index in [0.717, 1.165) is 17.5 Å². The molecule has 0 fully saturated rings. The maximum Gasteiger partial charge on any atom is 0.243 e. The highest BCUT2D eigenvalue weighted by Crippen LogP contribution is 2.28. The Morgan fingerprint density at radius 1 is 0.865 bits per heavy atom. The van der Waals surface area contributed by atoms with Crippen LogP contribution in [0.3, 0.4) is 0 Å². The first-order valence-electron chi connectivity index (χ1n) is 11.9. The largest absolute Gasteiger partial charge is 0.354 e. The van der Waals surface area contributed by atoms with Crippen LogP contribution >= 0.6 is 58.2 Å². The van der Waals surface area contributed by atoms with Crippen LogP contribution in [0.25, 0.3) is 0 Å². The first-order valence-corrected chi connectivity index (χ1v) is 14.5. The number of carbonyl (C=O) groups excluding carboxylic acids is 2. The Balaban J connectivity index is 1.88. The van der Waals surface area contributed by atoms with Crippen molar-refractivity contribution in [2.45, 2.75) is 38.1 Å². The van der Waals surface area contributed by atoms with Gasteiger partial charge in [0.2, 0.25) is 11.8 Å². The Bertz CT molecular complexity index is 1190. The number of hydrogen-bond donors (Lipinski definition) is 1. The van der Waals surface area contributed by atoms with E-state index in [1.165, 1.54) is 11.8 Å². The molecule has 4 nitrogen and oxygen atoms in total. The number of rotatable bonds is 12. The highest BCUT2D eigenvalue weighted by Gasteiger charge is 2.31. The van der Waals surface area contributed by atoms with E-state index in [0.29, 0.717) is 44.4 Å². The molecule has 2 amide bonds. The van der Waals surface area contributed by atoms with Crippen molar-refractivity contribution in [3.8, 4) is 0 Å². The van der Waals surface area contributed by atoms with Gasteiger partial charge in [-0.05, 0) is 41.8 Å². The number of nitrogens with one attached hydrogen (secondary N) is 1. The Morgan fingerprint density at radius 2 is 1.57 bits per heavy atom. The van der Waals surface area contributed by atoms with E-state index < -0.39 is 6.04 Å². The molecule has 1 N–H and O–H groups in total.